The third-order valence-corrected chi connectivity index (χ3v) is 5.94. The highest BCUT2D eigenvalue weighted by atomic mass is 15.1. The normalized spacial score (nSPS) is 15.4. The van der Waals surface area contributed by atoms with E-state index in [1.54, 1.807) is 0 Å². The Morgan fingerprint density at radius 3 is 2.78 bits per heavy atom. The first-order valence-electron chi connectivity index (χ1n) is 9.51. The fourth-order valence-electron chi connectivity index (χ4n) is 4.64. The van der Waals surface area contributed by atoms with Crippen molar-refractivity contribution in [1.82, 2.24) is 15.2 Å². The van der Waals surface area contributed by atoms with Gasteiger partial charge in [-0.05, 0) is 66.1 Å². The van der Waals surface area contributed by atoms with Crippen LogP contribution in [0.15, 0.2) is 35.3 Å². The highest BCUT2D eigenvalue weighted by Crippen LogP contribution is 2.39. The Bertz CT molecular complexity index is 1270. The minimum absolute atomic E-state index is 0.562. The molecule has 27 heavy (non-hydrogen) atoms. The number of aliphatic imine (C=N–C) groups is 1. The van der Waals surface area contributed by atoms with E-state index in [1.807, 2.05) is 12.3 Å². The first kappa shape index (κ1) is 14.9. The molecular formula is C22H19N5. The number of nitrogen functional groups attached to an aromatic ring is 1. The van der Waals surface area contributed by atoms with E-state index in [0.717, 1.165) is 41.5 Å². The van der Waals surface area contributed by atoms with Gasteiger partial charge < -0.3 is 5.73 Å². The Labute approximate surface area is 156 Å². The molecule has 3 N–H and O–H groups in total. The van der Waals surface area contributed by atoms with Gasteiger partial charge in [0.15, 0.2) is 5.82 Å². The summed E-state index contributed by atoms with van der Waals surface area (Å²) in [4.78, 5) is 9.51. The number of nitrogens with zero attached hydrogens (tertiary/aromatic N) is 3. The van der Waals surface area contributed by atoms with E-state index < -0.39 is 0 Å². The van der Waals surface area contributed by atoms with Gasteiger partial charge in [0, 0.05) is 17.2 Å². The number of aromatic nitrogens is 3. The maximum atomic E-state index is 6.20. The summed E-state index contributed by atoms with van der Waals surface area (Å²) in [6, 6.07) is 10.7. The summed E-state index contributed by atoms with van der Waals surface area (Å²) in [6.07, 6.45) is 6.51. The summed E-state index contributed by atoms with van der Waals surface area (Å²) < 4.78 is 0. The van der Waals surface area contributed by atoms with E-state index in [0.29, 0.717) is 5.82 Å². The first-order valence-corrected chi connectivity index (χ1v) is 9.51. The van der Waals surface area contributed by atoms with Crippen LogP contribution in [-0.2, 0) is 19.4 Å². The molecule has 4 aromatic rings. The lowest BCUT2D eigenvalue weighted by Crippen LogP contribution is -2.08. The van der Waals surface area contributed by atoms with Crippen molar-refractivity contribution in [2.75, 3.05) is 5.73 Å². The quantitative estimate of drug-likeness (QED) is 0.539. The van der Waals surface area contributed by atoms with Crippen LogP contribution in [0, 0.1) is 0 Å². The molecule has 5 heteroatoms. The SMILES string of the molecule is Nc1n[nH]c2ccc3nc(-c4ccc5c(c4)C=NC5)c4c(c3c12)CCCC4. The molecular weight excluding hydrogens is 334 g/mol. The maximum absolute atomic E-state index is 6.20. The molecule has 3 heterocycles. The Balaban J connectivity index is 1.70. The van der Waals surface area contributed by atoms with Crippen LogP contribution in [0.5, 0.6) is 0 Å². The van der Waals surface area contributed by atoms with E-state index in [2.05, 4.69) is 39.5 Å². The van der Waals surface area contributed by atoms with Crippen molar-refractivity contribution in [3.8, 4) is 11.3 Å². The van der Waals surface area contributed by atoms with Crippen LogP contribution in [0.3, 0.4) is 0 Å². The smallest absolute Gasteiger partial charge is 0.153 e. The highest BCUT2D eigenvalue weighted by Gasteiger charge is 2.22. The number of rotatable bonds is 1. The number of benzene rings is 2. The topological polar surface area (TPSA) is 80.0 Å². The monoisotopic (exact) mass is 353 g/mol. The molecule has 0 spiro atoms. The standard InChI is InChI=1S/C22H19N5/c23-22-20-18(26-27-22)8-7-17-19(20)15-3-1-2-4-16(15)21(25-17)12-5-6-13-10-24-11-14(13)9-12/h5-9,11H,1-4,10H2,(H3,23,26,27). The number of aryl methyl sites for hydroxylation is 1. The second-order valence-electron chi connectivity index (χ2n) is 7.50. The van der Waals surface area contributed by atoms with E-state index in [-0.39, 0.29) is 0 Å². The molecule has 0 saturated carbocycles. The molecule has 0 fully saturated rings. The number of nitrogens with one attached hydrogen (secondary N) is 1. The van der Waals surface area contributed by atoms with Gasteiger partial charge in [-0.25, -0.2) is 4.98 Å². The zero-order valence-electron chi connectivity index (χ0n) is 14.9. The van der Waals surface area contributed by atoms with E-state index >= 15 is 0 Å². The highest BCUT2D eigenvalue weighted by molar-refractivity contribution is 6.12. The number of H-pyrrole nitrogens is 1. The van der Waals surface area contributed by atoms with Gasteiger partial charge in [0.2, 0.25) is 0 Å². The lowest BCUT2D eigenvalue weighted by atomic mass is 9.85. The van der Waals surface area contributed by atoms with Crippen molar-refractivity contribution < 1.29 is 0 Å². The van der Waals surface area contributed by atoms with Gasteiger partial charge in [-0.1, -0.05) is 12.1 Å². The van der Waals surface area contributed by atoms with Crippen molar-refractivity contribution in [3.63, 3.8) is 0 Å². The predicted molar refractivity (Wildman–Crippen MR) is 109 cm³/mol. The summed E-state index contributed by atoms with van der Waals surface area (Å²) in [7, 11) is 0. The number of anilines is 1. The van der Waals surface area contributed by atoms with Crippen molar-refractivity contribution in [2.45, 2.75) is 32.2 Å². The van der Waals surface area contributed by atoms with Crippen LogP contribution >= 0.6 is 0 Å². The molecule has 5 nitrogen and oxygen atoms in total. The fourth-order valence-corrected chi connectivity index (χ4v) is 4.64. The van der Waals surface area contributed by atoms with Gasteiger partial charge in [-0.3, -0.25) is 10.1 Å². The molecule has 132 valence electrons. The van der Waals surface area contributed by atoms with Crippen molar-refractivity contribution in [3.05, 3.63) is 52.6 Å². The average molecular weight is 353 g/mol. The summed E-state index contributed by atoms with van der Waals surface area (Å²) in [5, 5.41) is 9.47. The molecule has 6 rings (SSSR count). The molecule has 2 aromatic carbocycles. The predicted octanol–water partition coefficient (Wildman–Crippen LogP) is 4.17. The zero-order valence-corrected chi connectivity index (χ0v) is 14.9. The second kappa shape index (κ2) is 5.39. The van der Waals surface area contributed by atoms with Crippen LogP contribution in [0.1, 0.15) is 35.1 Å². The largest absolute Gasteiger partial charge is 0.382 e. The zero-order chi connectivity index (χ0) is 18.0. The minimum atomic E-state index is 0.562. The molecule has 0 unspecified atom stereocenters. The van der Waals surface area contributed by atoms with Gasteiger partial charge in [-0.2, -0.15) is 5.10 Å². The fraction of sp³-hybridized carbons (Fsp3) is 0.227. The maximum Gasteiger partial charge on any atom is 0.153 e. The van der Waals surface area contributed by atoms with Crippen LogP contribution in [-0.4, -0.2) is 21.4 Å². The third kappa shape index (κ3) is 2.08. The molecule has 0 radical (unpaired) electrons. The number of hydrogen-bond acceptors (Lipinski definition) is 4. The molecule has 0 bridgehead atoms. The Kier molecular flexibility index (Phi) is 2.98. The van der Waals surface area contributed by atoms with Crippen LogP contribution in [0.4, 0.5) is 5.82 Å². The van der Waals surface area contributed by atoms with Crippen molar-refractivity contribution in [1.29, 1.82) is 0 Å². The van der Waals surface area contributed by atoms with Gasteiger partial charge in [0.05, 0.1) is 28.7 Å². The Morgan fingerprint density at radius 2 is 1.85 bits per heavy atom. The van der Waals surface area contributed by atoms with Crippen molar-refractivity contribution >= 4 is 33.8 Å². The number of nitrogens with two attached hydrogens (primary N) is 1. The summed E-state index contributed by atoms with van der Waals surface area (Å²) in [5.74, 6) is 0.562. The first-order chi connectivity index (χ1) is 13.3. The Morgan fingerprint density at radius 1 is 0.963 bits per heavy atom. The number of aromatic amines is 1. The van der Waals surface area contributed by atoms with E-state index in [4.69, 9.17) is 10.7 Å². The van der Waals surface area contributed by atoms with Crippen LogP contribution in [0.25, 0.3) is 33.1 Å². The van der Waals surface area contributed by atoms with E-state index in [1.165, 1.54) is 46.0 Å². The third-order valence-electron chi connectivity index (χ3n) is 5.94. The molecule has 1 aliphatic carbocycles. The van der Waals surface area contributed by atoms with E-state index in [9.17, 15) is 0 Å². The van der Waals surface area contributed by atoms with Gasteiger partial charge in [0.1, 0.15) is 0 Å². The lowest BCUT2D eigenvalue weighted by Gasteiger charge is -2.22. The van der Waals surface area contributed by atoms with Crippen molar-refractivity contribution in [2.24, 2.45) is 4.99 Å². The number of hydrogen-bond donors (Lipinski definition) is 2. The van der Waals surface area contributed by atoms with Crippen LogP contribution < -0.4 is 5.73 Å². The number of pyridine rings is 1. The molecule has 0 saturated heterocycles. The molecule has 0 atom stereocenters. The number of fused-ring (bicyclic) bond motifs is 6. The second-order valence-corrected chi connectivity index (χ2v) is 7.50. The van der Waals surface area contributed by atoms with Crippen LogP contribution in [0.2, 0.25) is 0 Å². The minimum Gasteiger partial charge on any atom is -0.382 e. The molecule has 0 amide bonds. The molecule has 1 aliphatic heterocycles. The van der Waals surface area contributed by atoms with Gasteiger partial charge in [0.25, 0.3) is 0 Å². The molecule has 2 aromatic heterocycles. The average Bonchev–Trinajstić information content (AvgIpc) is 3.33. The molecule has 2 aliphatic rings. The summed E-state index contributed by atoms with van der Waals surface area (Å²) in [5.41, 5.74) is 15.8. The summed E-state index contributed by atoms with van der Waals surface area (Å²) in [6.45, 7) is 0.788. The lowest BCUT2D eigenvalue weighted by molar-refractivity contribution is 0.689. The van der Waals surface area contributed by atoms with Gasteiger partial charge >= 0.3 is 0 Å². The Hall–Kier alpha value is -3.21. The summed E-state index contributed by atoms with van der Waals surface area (Å²) >= 11 is 0. The van der Waals surface area contributed by atoms with Gasteiger partial charge in [-0.15, -0.1) is 0 Å².